The standard InChI is InChI=1S/C13H19N5O3/c1-8(2)18-10(6-17-11(19)5-14-13(17)20)15-12(16-18)9-3-4-21-7-9/h8-9H,3-7H2,1-2H3,(H,14,20)/t9-/m0/s1. The smallest absolute Gasteiger partial charge is 0.325 e. The lowest BCUT2D eigenvalue weighted by molar-refractivity contribution is -0.125. The van der Waals surface area contributed by atoms with E-state index in [0.717, 1.165) is 18.9 Å². The van der Waals surface area contributed by atoms with E-state index in [2.05, 4.69) is 15.4 Å². The summed E-state index contributed by atoms with van der Waals surface area (Å²) < 4.78 is 7.16. The van der Waals surface area contributed by atoms with Crippen LogP contribution in [0.3, 0.4) is 0 Å². The first kappa shape index (κ1) is 14.0. The Morgan fingerprint density at radius 2 is 2.24 bits per heavy atom. The lowest BCUT2D eigenvalue weighted by Gasteiger charge is -2.14. The maximum Gasteiger partial charge on any atom is 0.325 e. The van der Waals surface area contributed by atoms with Gasteiger partial charge in [-0.25, -0.2) is 14.5 Å². The molecule has 1 aromatic heterocycles. The minimum absolute atomic E-state index is 0.0535. The minimum atomic E-state index is -0.371. The molecule has 8 nitrogen and oxygen atoms in total. The van der Waals surface area contributed by atoms with Crippen LogP contribution >= 0.6 is 0 Å². The van der Waals surface area contributed by atoms with E-state index in [-0.39, 0.29) is 37.0 Å². The van der Waals surface area contributed by atoms with Crippen molar-refractivity contribution >= 4 is 11.9 Å². The van der Waals surface area contributed by atoms with Crippen molar-refractivity contribution in [2.75, 3.05) is 19.8 Å². The van der Waals surface area contributed by atoms with Gasteiger partial charge in [-0.3, -0.25) is 9.69 Å². The molecule has 0 aromatic carbocycles. The molecule has 2 aliphatic heterocycles. The van der Waals surface area contributed by atoms with Crippen molar-refractivity contribution in [3.8, 4) is 0 Å². The molecule has 0 saturated carbocycles. The predicted molar refractivity (Wildman–Crippen MR) is 72.5 cm³/mol. The Kier molecular flexibility index (Phi) is 3.62. The van der Waals surface area contributed by atoms with E-state index < -0.39 is 0 Å². The van der Waals surface area contributed by atoms with E-state index in [1.807, 2.05) is 13.8 Å². The molecule has 3 heterocycles. The van der Waals surface area contributed by atoms with E-state index in [1.54, 1.807) is 4.68 Å². The molecule has 0 spiro atoms. The Balaban J connectivity index is 1.85. The van der Waals surface area contributed by atoms with Crippen LogP contribution < -0.4 is 5.32 Å². The van der Waals surface area contributed by atoms with Gasteiger partial charge in [0, 0.05) is 18.6 Å². The molecule has 1 aromatic rings. The number of nitrogens with one attached hydrogen (secondary N) is 1. The maximum absolute atomic E-state index is 11.7. The summed E-state index contributed by atoms with van der Waals surface area (Å²) in [6.07, 6.45) is 0.907. The second-order valence-electron chi connectivity index (χ2n) is 5.62. The third-order valence-electron chi connectivity index (χ3n) is 3.74. The fraction of sp³-hybridized carbons (Fsp3) is 0.692. The van der Waals surface area contributed by atoms with Gasteiger partial charge in [0.1, 0.15) is 5.82 Å². The summed E-state index contributed by atoms with van der Waals surface area (Å²) in [5.41, 5.74) is 0. The van der Waals surface area contributed by atoms with Gasteiger partial charge in [-0.15, -0.1) is 0 Å². The highest BCUT2D eigenvalue weighted by molar-refractivity contribution is 6.01. The number of carbonyl (C=O) groups is 2. The molecule has 1 atom stereocenters. The van der Waals surface area contributed by atoms with E-state index >= 15 is 0 Å². The number of carbonyl (C=O) groups excluding carboxylic acids is 2. The molecule has 3 amide bonds. The summed E-state index contributed by atoms with van der Waals surface area (Å²) in [6, 6.07) is -0.256. The number of amides is 3. The highest BCUT2D eigenvalue weighted by Crippen LogP contribution is 2.24. The SMILES string of the molecule is CC(C)n1nc([C@H]2CCOC2)nc1CN1C(=O)CNC1=O. The fourth-order valence-electron chi connectivity index (χ4n) is 2.56. The lowest BCUT2D eigenvalue weighted by Crippen LogP contribution is -2.31. The number of ether oxygens (including phenoxy) is 1. The molecule has 2 saturated heterocycles. The van der Waals surface area contributed by atoms with Crippen LogP contribution in [0.1, 0.15) is 43.9 Å². The van der Waals surface area contributed by atoms with Gasteiger partial charge in [0.2, 0.25) is 5.91 Å². The molecule has 0 radical (unpaired) electrons. The third-order valence-corrected chi connectivity index (χ3v) is 3.74. The lowest BCUT2D eigenvalue weighted by atomic mass is 10.1. The first-order valence-electron chi connectivity index (χ1n) is 7.17. The van der Waals surface area contributed by atoms with Crippen LogP contribution in [0.25, 0.3) is 0 Å². The van der Waals surface area contributed by atoms with Crippen LogP contribution in [0, 0.1) is 0 Å². The molecular formula is C13H19N5O3. The van der Waals surface area contributed by atoms with E-state index in [9.17, 15) is 9.59 Å². The average molecular weight is 293 g/mol. The van der Waals surface area contributed by atoms with E-state index in [1.165, 1.54) is 4.90 Å². The van der Waals surface area contributed by atoms with Crippen LogP contribution in [-0.2, 0) is 16.1 Å². The van der Waals surface area contributed by atoms with Gasteiger partial charge in [0.15, 0.2) is 5.82 Å². The van der Waals surface area contributed by atoms with Crippen LogP contribution in [0.2, 0.25) is 0 Å². The molecule has 2 aliphatic rings. The molecule has 3 rings (SSSR count). The minimum Gasteiger partial charge on any atom is -0.381 e. The molecule has 114 valence electrons. The summed E-state index contributed by atoms with van der Waals surface area (Å²) in [6.45, 7) is 5.56. The van der Waals surface area contributed by atoms with Crippen LogP contribution in [0.15, 0.2) is 0 Å². The monoisotopic (exact) mass is 293 g/mol. The summed E-state index contributed by atoms with van der Waals surface area (Å²) in [5.74, 6) is 1.34. The summed E-state index contributed by atoms with van der Waals surface area (Å²) in [4.78, 5) is 29.1. The van der Waals surface area contributed by atoms with Crippen LogP contribution in [0.4, 0.5) is 4.79 Å². The van der Waals surface area contributed by atoms with Crippen LogP contribution in [0.5, 0.6) is 0 Å². The Bertz CT molecular complexity index is 546. The highest BCUT2D eigenvalue weighted by atomic mass is 16.5. The Morgan fingerprint density at radius 3 is 2.81 bits per heavy atom. The van der Waals surface area contributed by atoms with Gasteiger partial charge >= 0.3 is 6.03 Å². The number of nitrogens with zero attached hydrogens (tertiary/aromatic N) is 4. The first-order chi connectivity index (χ1) is 10.1. The van der Waals surface area contributed by atoms with Crippen molar-refractivity contribution in [1.29, 1.82) is 0 Å². The topological polar surface area (TPSA) is 89.3 Å². The van der Waals surface area contributed by atoms with Crippen molar-refractivity contribution in [2.45, 2.75) is 38.8 Å². The molecule has 0 bridgehead atoms. The van der Waals surface area contributed by atoms with Crippen LogP contribution in [-0.4, -0.2) is 51.4 Å². The Labute approximate surface area is 122 Å². The quantitative estimate of drug-likeness (QED) is 0.812. The van der Waals surface area contributed by atoms with Gasteiger partial charge in [0.05, 0.1) is 19.7 Å². The molecule has 21 heavy (non-hydrogen) atoms. The second-order valence-corrected chi connectivity index (χ2v) is 5.62. The van der Waals surface area contributed by atoms with Crippen molar-refractivity contribution in [3.05, 3.63) is 11.6 Å². The summed E-state index contributed by atoms with van der Waals surface area (Å²) in [7, 11) is 0. The molecule has 1 N–H and O–H groups in total. The number of imide groups is 1. The number of rotatable bonds is 4. The summed E-state index contributed by atoms with van der Waals surface area (Å²) >= 11 is 0. The fourth-order valence-corrected chi connectivity index (χ4v) is 2.56. The zero-order valence-electron chi connectivity index (χ0n) is 12.2. The van der Waals surface area contributed by atoms with Gasteiger partial charge in [-0.05, 0) is 20.3 Å². The maximum atomic E-state index is 11.7. The molecule has 8 heteroatoms. The van der Waals surface area contributed by atoms with Gasteiger partial charge in [-0.1, -0.05) is 0 Å². The summed E-state index contributed by atoms with van der Waals surface area (Å²) in [5, 5.41) is 7.05. The molecule has 0 unspecified atom stereocenters. The van der Waals surface area contributed by atoms with Gasteiger partial charge < -0.3 is 10.1 Å². The van der Waals surface area contributed by atoms with Gasteiger partial charge in [0.25, 0.3) is 0 Å². The normalized spacial score (nSPS) is 22.4. The molecule has 0 aliphatic carbocycles. The molecule has 2 fully saturated rings. The number of hydrogen-bond acceptors (Lipinski definition) is 5. The van der Waals surface area contributed by atoms with E-state index in [4.69, 9.17) is 4.74 Å². The zero-order valence-corrected chi connectivity index (χ0v) is 12.2. The zero-order chi connectivity index (χ0) is 15.0. The van der Waals surface area contributed by atoms with E-state index in [0.29, 0.717) is 12.4 Å². The Morgan fingerprint density at radius 1 is 1.43 bits per heavy atom. The predicted octanol–water partition coefficient (Wildman–Crippen LogP) is 0.415. The third kappa shape index (κ3) is 2.63. The number of aromatic nitrogens is 3. The average Bonchev–Trinajstić information content (AvgIpc) is 3.14. The van der Waals surface area contributed by atoms with Crippen molar-refractivity contribution in [3.63, 3.8) is 0 Å². The highest BCUT2D eigenvalue weighted by Gasteiger charge is 2.31. The van der Waals surface area contributed by atoms with Crippen molar-refractivity contribution in [1.82, 2.24) is 25.0 Å². The van der Waals surface area contributed by atoms with Crippen molar-refractivity contribution in [2.24, 2.45) is 0 Å². The largest absolute Gasteiger partial charge is 0.381 e. The molecular weight excluding hydrogens is 274 g/mol. The second kappa shape index (κ2) is 5.44. The Hall–Kier alpha value is -1.96. The first-order valence-corrected chi connectivity index (χ1v) is 7.17. The number of urea groups is 1. The van der Waals surface area contributed by atoms with Crippen molar-refractivity contribution < 1.29 is 14.3 Å². The number of hydrogen-bond donors (Lipinski definition) is 1. The van der Waals surface area contributed by atoms with Gasteiger partial charge in [-0.2, -0.15) is 5.10 Å².